The molecule has 2 rings (SSSR count). The molecular weight excluding hydrogens is 438 g/mol. The van der Waals surface area contributed by atoms with Crippen LogP contribution in [0.25, 0.3) is 0 Å². The van der Waals surface area contributed by atoms with Gasteiger partial charge in [0.1, 0.15) is 5.75 Å². The van der Waals surface area contributed by atoms with Crippen molar-refractivity contribution < 1.29 is 19.1 Å². The molecule has 0 aliphatic rings. The van der Waals surface area contributed by atoms with Crippen molar-refractivity contribution in [2.45, 2.75) is 33.1 Å². The Hall–Kier alpha value is -2.87. The number of hydrogen-bond donors (Lipinski definition) is 3. The molecule has 0 saturated heterocycles. The summed E-state index contributed by atoms with van der Waals surface area (Å²) in [6, 6.07) is 12.0. The van der Waals surface area contributed by atoms with E-state index in [1.54, 1.807) is 24.3 Å². The Morgan fingerprint density at radius 1 is 1.07 bits per heavy atom. The maximum Gasteiger partial charge on any atom is 0.276 e. The third kappa shape index (κ3) is 6.90. The summed E-state index contributed by atoms with van der Waals surface area (Å²) in [7, 11) is 0. The van der Waals surface area contributed by atoms with Crippen LogP contribution in [0.4, 0.5) is 5.69 Å². The number of nitrogens with one attached hydrogen (secondary N) is 3. The van der Waals surface area contributed by atoms with E-state index in [0.29, 0.717) is 22.9 Å². The fraction of sp³-hybridized carbons (Fsp3) is 0.286. The van der Waals surface area contributed by atoms with Gasteiger partial charge in [0.05, 0.1) is 4.47 Å². The summed E-state index contributed by atoms with van der Waals surface area (Å²) in [5, 5.41) is 2.61. The van der Waals surface area contributed by atoms with Crippen LogP contribution in [0.1, 0.15) is 49.0 Å². The number of carbonyl (C=O) groups excluding carboxylic acids is 3. The van der Waals surface area contributed by atoms with Gasteiger partial charge in [-0.2, -0.15) is 0 Å². The summed E-state index contributed by atoms with van der Waals surface area (Å²) in [6.07, 6.45) is 1.03. The average molecular weight is 462 g/mol. The van der Waals surface area contributed by atoms with Crippen LogP contribution in [0.15, 0.2) is 46.9 Å². The Labute approximate surface area is 178 Å². The number of benzene rings is 2. The highest BCUT2D eigenvalue weighted by atomic mass is 79.9. The molecule has 0 fully saturated rings. The minimum Gasteiger partial charge on any atom is -0.483 e. The molecule has 0 radical (unpaired) electrons. The summed E-state index contributed by atoms with van der Waals surface area (Å²) in [5.41, 5.74) is 6.74. The van der Waals surface area contributed by atoms with Gasteiger partial charge >= 0.3 is 0 Å². The van der Waals surface area contributed by atoms with Gasteiger partial charge in [0, 0.05) is 18.2 Å². The Bertz CT molecular complexity index is 884. The van der Waals surface area contributed by atoms with E-state index in [1.165, 1.54) is 12.5 Å². The van der Waals surface area contributed by atoms with Crippen molar-refractivity contribution in [3.63, 3.8) is 0 Å². The first-order chi connectivity index (χ1) is 13.8. The second-order valence-corrected chi connectivity index (χ2v) is 7.40. The number of hydrazine groups is 1. The Morgan fingerprint density at radius 3 is 2.34 bits per heavy atom. The molecule has 1 atom stereocenters. The topological polar surface area (TPSA) is 96.5 Å². The molecule has 0 aliphatic heterocycles. The highest BCUT2D eigenvalue weighted by Gasteiger charge is 2.11. The first-order valence-electron chi connectivity index (χ1n) is 9.19. The molecule has 0 heterocycles. The van der Waals surface area contributed by atoms with Gasteiger partial charge in [0.25, 0.3) is 11.8 Å². The van der Waals surface area contributed by atoms with Crippen molar-refractivity contribution in [3.05, 3.63) is 58.1 Å². The third-order valence-corrected chi connectivity index (χ3v) is 4.90. The molecule has 2 aromatic carbocycles. The fourth-order valence-electron chi connectivity index (χ4n) is 2.46. The lowest BCUT2D eigenvalue weighted by molar-refractivity contribution is -0.123. The van der Waals surface area contributed by atoms with Crippen LogP contribution in [0.3, 0.4) is 0 Å². The number of rotatable bonds is 7. The Morgan fingerprint density at radius 2 is 1.76 bits per heavy atom. The van der Waals surface area contributed by atoms with E-state index < -0.39 is 11.8 Å². The van der Waals surface area contributed by atoms with Crippen molar-refractivity contribution in [3.8, 4) is 5.75 Å². The van der Waals surface area contributed by atoms with E-state index in [-0.39, 0.29) is 12.5 Å². The van der Waals surface area contributed by atoms with Crippen molar-refractivity contribution in [1.82, 2.24) is 10.9 Å². The molecule has 154 valence electrons. The molecule has 3 amide bonds. The van der Waals surface area contributed by atoms with Crippen LogP contribution in [-0.4, -0.2) is 24.3 Å². The van der Waals surface area contributed by atoms with Crippen LogP contribution in [-0.2, 0) is 9.59 Å². The van der Waals surface area contributed by atoms with Crippen LogP contribution < -0.4 is 20.9 Å². The van der Waals surface area contributed by atoms with E-state index in [1.807, 2.05) is 18.2 Å². The van der Waals surface area contributed by atoms with E-state index >= 15 is 0 Å². The average Bonchev–Trinajstić information content (AvgIpc) is 2.70. The molecule has 7 nitrogen and oxygen atoms in total. The maximum absolute atomic E-state index is 12.1. The lowest BCUT2D eigenvalue weighted by Crippen LogP contribution is -2.43. The van der Waals surface area contributed by atoms with Crippen LogP contribution in [0.2, 0.25) is 0 Å². The second kappa shape index (κ2) is 10.6. The van der Waals surface area contributed by atoms with E-state index in [9.17, 15) is 14.4 Å². The number of halogens is 1. The van der Waals surface area contributed by atoms with Gasteiger partial charge in [0.2, 0.25) is 5.91 Å². The molecule has 1 unspecified atom stereocenters. The molecule has 0 saturated carbocycles. The summed E-state index contributed by atoms with van der Waals surface area (Å²) in [6.45, 7) is 5.42. The first kappa shape index (κ1) is 22.4. The zero-order valence-corrected chi connectivity index (χ0v) is 18.1. The predicted octanol–water partition coefficient (Wildman–Crippen LogP) is 3.76. The van der Waals surface area contributed by atoms with Crippen LogP contribution in [0.5, 0.6) is 5.75 Å². The molecule has 0 aromatic heterocycles. The van der Waals surface area contributed by atoms with E-state index in [2.05, 4.69) is 45.9 Å². The standard InChI is InChI=1S/C21H24BrN3O4/c1-4-13(2)16-7-10-19(18(22)11-16)29-12-20(27)24-25-21(28)15-5-8-17(9-6-15)23-14(3)26/h5-11,13H,4,12H2,1-3H3,(H,23,26)(H,24,27)(H,25,28). The van der Waals surface area contributed by atoms with E-state index in [0.717, 1.165) is 10.9 Å². The molecule has 3 N–H and O–H groups in total. The summed E-state index contributed by atoms with van der Waals surface area (Å²) in [4.78, 5) is 35.0. The van der Waals surface area contributed by atoms with Gasteiger partial charge in [-0.05, 0) is 70.2 Å². The van der Waals surface area contributed by atoms with Crippen LogP contribution in [0, 0.1) is 0 Å². The number of ether oxygens (including phenoxy) is 1. The first-order valence-corrected chi connectivity index (χ1v) is 9.98. The Kier molecular flexibility index (Phi) is 8.21. The lowest BCUT2D eigenvalue weighted by atomic mass is 9.99. The van der Waals surface area contributed by atoms with Gasteiger partial charge in [0.15, 0.2) is 6.61 Å². The van der Waals surface area contributed by atoms with E-state index in [4.69, 9.17) is 4.74 Å². The molecule has 29 heavy (non-hydrogen) atoms. The smallest absolute Gasteiger partial charge is 0.276 e. The number of anilines is 1. The molecule has 8 heteroatoms. The third-order valence-electron chi connectivity index (χ3n) is 4.28. The lowest BCUT2D eigenvalue weighted by Gasteiger charge is -2.13. The monoisotopic (exact) mass is 461 g/mol. The fourth-order valence-corrected chi connectivity index (χ4v) is 2.97. The zero-order valence-electron chi connectivity index (χ0n) is 16.5. The molecule has 0 spiro atoms. The minimum absolute atomic E-state index is 0.199. The second-order valence-electron chi connectivity index (χ2n) is 6.55. The molecule has 2 aromatic rings. The van der Waals surface area contributed by atoms with Crippen molar-refractivity contribution >= 4 is 39.3 Å². The largest absolute Gasteiger partial charge is 0.483 e. The van der Waals surface area contributed by atoms with Crippen molar-refractivity contribution in [2.75, 3.05) is 11.9 Å². The Balaban J connectivity index is 1.82. The predicted molar refractivity (Wildman–Crippen MR) is 115 cm³/mol. The number of carbonyl (C=O) groups is 3. The van der Waals surface area contributed by atoms with Gasteiger partial charge < -0.3 is 10.1 Å². The zero-order chi connectivity index (χ0) is 21.4. The summed E-state index contributed by atoms with van der Waals surface area (Å²) < 4.78 is 6.28. The normalized spacial score (nSPS) is 11.3. The van der Waals surface area contributed by atoms with Gasteiger partial charge in [-0.25, -0.2) is 0 Å². The summed E-state index contributed by atoms with van der Waals surface area (Å²) >= 11 is 3.46. The summed E-state index contributed by atoms with van der Waals surface area (Å²) in [5.74, 6) is -0.188. The molecule has 0 aliphatic carbocycles. The minimum atomic E-state index is -0.494. The maximum atomic E-state index is 12.1. The molecular formula is C21H24BrN3O4. The van der Waals surface area contributed by atoms with Gasteiger partial charge in [-0.15, -0.1) is 0 Å². The van der Waals surface area contributed by atoms with Crippen LogP contribution >= 0.6 is 15.9 Å². The van der Waals surface area contributed by atoms with Crippen molar-refractivity contribution in [1.29, 1.82) is 0 Å². The van der Waals surface area contributed by atoms with Gasteiger partial charge in [-0.3, -0.25) is 25.2 Å². The highest BCUT2D eigenvalue weighted by Crippen LogP contribution is 2.29. The van der Waals surface area contributed by atoms with Crippen molar-refractivity contribution in [2.24, 2.45) is 0 Å². The number of amides is 3. The number of hydrogen-bond acceptors (Lipinski definition) is 4. The van der Waals surface area contributed by atoms with Gasteiger partial charge in [-0.1, -0.05) is 19.9 Å². The molecule has 0 bridgehead atoms. The quantitative estimate of drug-likeness (QED) is 0.546. The highest BCUT2D eigenvalue weighted by molar-refractivity contribution is 9.10. The SMILES string of the molecule is CCC(C)c1ccc(OCC(=O)NNC(=O)c2ccc(NC(C)=O)cc2)c(Br)c1.